The number of carbonyl (C=O) groups is 1. The van der Waals surface area contributed by atoms with E-state index in [0.717, 1.165) is 36.2 Å². The minimum Gasteiger partial charge on any atom is -0.343 e. The highest BCUT2D eigenvalue weighted by Gasteiger charge is 2.31. The van der Waals surface area contributed by atoms with E-state index in [2.05, 4.69) is 30.2 Å². The van der Waals surface area contributed by atoms with Gasteiger partial charge in [0.15, 0.2) is 5.78 Å². The van der Waals surface area contributed by atoms with Crippen LogP contribution < -0.4 is 0 Å². The molecule has 1 aromatic carbocycles. The number of fused-ring (bicyclic) bond motifs is 1. The summed E-state index contributed by atoms with van der Waals surface area (Å²) in [4.78, 5) is 15.5. The Labute approximate surface area is 192 Å². The molecule has 2 aromatic rings. The van der Waals surface area contributed by atoms with Gasteiger partial charge in [-0.15, -0.1) is 0 Å². The molecule has 174 valence electrons. The number of benzene rings is 1. The van der Waals surface area contributed by atoms with Gasteiger partial charge in [-0.1, -0.05) is 6.07 Å². The number of aromatic nitrogens is 1. The number of sulfonamides is 1. The molecule has 1 saturated heterocycles. The zero-order valence-corrected chi connectivity index (χ0v) is 20.8. The fraction of sp³-hybridized carbons (Fsp3) is 0.560. The molecule has 1 fully saturated rings. The van der Waals surface area contributed by atoms with Gasteiger partial charge < -0.3 is 4.57 Å². The average molecular weight is 458 g/mol. The second-order valence-electron chi connectivity index (χ2n) is 10.2. The summed E-state index contributed by atoms with van der Waals surface area (Å²) in [5.41, 5.74) is 5.22. The van der Waals surface area contributed by atoms with E-state index in [1.165, 1.54) is 11.1 Å². The zero-order valence-electron chi connectivity index (χ0n) is 19.9. The predicted molar refractivity (Wildman–Crippen MR) is 127 cm³/mol. The van der Waals surface area contributed by atoms with Crippen molar-refractivity contribution < 1.29 is 13.2 Å². The van der Waals surface area contributed by atoms with Gasteiger partial charge in [0.25, 0.3) is 0 Å². The van der Waals surface area contributed by atoms with Crippen LogP contribution in [-0.2, 0) is 28.4 Å². The Bertz CT molecular complexity index is 1130. The summed E-state index contributed by atoms with van der Waals surface area (Å²) in [6.07, 6.45) is 3.11. The van der Waals surface area contributed by atoms with Crippen molar-refractivity contribution in [3.05, 3.63) is 52.3 Å². The summed E-state index contributed by atoms with van der Waals surface area (Å²) in [6, 6.07) is 7.56. The molecule has 4 rings (SSSR count). The number of Topliss-reactive ketones (excluding diaryl/α,β-unsaturated/α-hetero) is 1. The Morgan fingerprint density at radius 2 is 1.62 bits per heavy atom. The third-order valence-corrected chi connectivity index (χ3v) is 8.70. The van der Waals surface area contributed by atoms with E-state index in [1.807, 2.05) is 32.0 Å². The van der Waals surface area contributed by atoms with Crippen LogP contribution in [0.15, 0.2) is 29.2 Å². The van der Waals surface area contributed by atoms with Gasteiger partial charge in [-0.3, -0.25) is 9.69 Å². The number of aryl methyl sites for hydroxylation is 3. The van der Waals surface area contributed by atoms with Crippen molar-refractivity contribution in [2.45, 2.75) is 64.3 Å². The minimum atomic E-state index is -3.49. The van der Waals surface area contributed by atoms with E-state index >= 15 is 0 Å². The van der Waals surface area contributed by atoms with Crippen LogP contribution in [0.2, 0.25) is 0 Å². The number of piperazine rings is 1. The van der Waals surface area contributed by atoms with Gasteiger partial charge in [-0.05, 0) is 83.2 Å². The molecule has 0 atom stereocenters. The van der Waals surface area contributed by atoms with Gasteiger partial charge in [-0.2, -0.15) is 4.31 Å². The molecule has 1 aliphatic carbocycles. The fourth-order valence-corrected chi connectivity index (χ4v) is 6.82. The van der Waals surface area contributed by atoms with Crippen molar-refractivity contribution in [3.8, 4) is 0 Å². The van der Waals surface area contributed by atoms with Gasteiger partial charge in [0.1, 0.15) is 0 Å². The summed E-state index contributed by atoms with van der Waals surface area (Å²) in [5.74, 6) is 0.100. The topological polar surface area (TPSA) is 62.6 Å². The van der Waals surface area contributed by atoms with Crippen molar-refractivity contribution in [1.29, 1.82) is 0 Å². The summed E-state index contributed by atoms with van der Waals surface area (Å²) in [7, 11) is -3.49. The number of ketones is 1. The summed E-state index contributed by atoms with van der Waals surface area (Å²) in [6.45, 7) is 12.7. The third kappa shape index (κ3) is 4.30. The summed E-state index contributed by atoms with van der Waals surface area (Å²) >= 11 is 0. The molecule has 0 bridgehead atoms. The maximum Gasteiger partial charge on any atom is 0.243 e. The van der Waals surface area contributed by atoms with Crippen LogP contribution >= 0.6 is 0 Å². The van der Waals surface area contributed by atoms with Crippen LogP contribution in [0.3, 0.4) is 0 Å². The van der Waals surface area contributed by atoms with E-state index in [4.69, 9.17) is 0 Å². The molecule has 0 unspecified atom stereocenters. The molecule has 0 radical (unpaired) electrons. The number of carbonyl (C=O) groups excluding carboxylic acids is 1. The molecule has 7 heteroatoms. The Morgan fingerprint density at radius 3 is 2.25 bits per heavy atom. The van der Waals surface area contributed by atoms with Crippen LogP contribution in [0.5, 0.6) is 0 Å². The van der Waals surface area contributed by atoms with E-state index in [1.54, 1.807) is 10.4 Å². The Balaban J connectivity index is 1.41. The zero-order chi connectivity index (χ0) is 23.3. The van der Waals surface area contributed by atoms with Gasteiger partial charge in [0.05, 0.1) is 11.4 Å². The molecule has 0 saturated carbocycles. The summed E-state index contributed by atoms with van der Waals surface area (Å²) in [5, 5.41) is 0. The van der Waals surface area contributed by atoms with E-state index in [0.29, 0.717) is 37.6 Å². The maximum atomic E-state index is 13.2. The van der Waals surface area contributed by atoms with Gasteiger partial charge >= 0.3 is 0 Å². The van der Waals surface area contributed by atoms with Crippen LogP contribution in [0.4, 0.5) is 0 Å². The molecule has 1 aromatic heterocycles. The highest BCUT2D eigenvalue weighted by molar-refractivity contribution is 7.89. The van der Waals surface area contributed by atoms with Crippen molar-refractivity contribution in [1.82, 2.24) is 13.8 Å². The predicted octanol–water partition coefficient (Wildman–Crippen LogP) is 3.54. The van der Waals surface area contributed by atoms with E-state index < -0.39 is 10.0 Å². The molecule has 0 spiro atoms. The number of rotatable bonds is 5. The van der Waals surface area contributed by atoms with Crippen molar-refractivity contribution >= 4 is 15.8 Å². The van der Waals surface area contributed by atoms with Gasteiger partial charge in [-0.25, -0.2) is 8.42 Å². The largest absolute Gasteiger partial charge is 0.343 e. The van der Waals surface area contributed by atoms with Crippen molar-refractivity contribution in [2.24, 2.45) is 0 Å². The number of hydrogen-bond acceptors (Lipinski definition) is 4. The van der Waals surface area contributed by atoms with E-state index in [9.17, 15) is 13.2 Å². The first-order valence-corrected chi connectivity index (χ1v) is 13.0. The minimum absolute atomic E-state index is 0.0791. The first-order chi connectivity index (χ1) is 15.0. The molecule has 2 heterocycles. The molecule has 6 nitrogen and oxygen atoms in total. The average Bonchev–Trinajstić information content (AvgIpc) is 3.31. The summed E-state index contributed by atoms with van der Waals surface area (Å²) < 4.78 is 30.1. The molecule has 2 aliphatic rings. The quantitative estimate of drug-likeness (QED) is 0.645. The molecular formula is C25H35N3O3S. The second kappa shape index (κ2) is 8.43. The molecule has 0 amide bonds. The van der Waals surface area contributed by atoms with Gasteiger partial charge in [0.2, 0.25) is 10.0 Å². The Morgan fingerprint density at radius 1 is 0.969 bits per heavy atom. The van der Waals surface area contributed by atoms with Crippen molar-refractivity contribution in [2.75, 3.05) is 32.7 Å². The molecular weight excluding hydrogens is 422 g/mol. The highest BCUT2D eigenvalue weighted by Crippen LogP contribution is 2.27. The Hall–Kier alpha value is -1.96. The lowest BCUT2D eigenvalue weighted by atomic mass is 10.1. The maximum absolute atomic E-state index is 13.2. The molecule has 0 N–H and O–H groups in total. The van der Waals surface area contributed by atoms with E-state index in [-0.39, 0.29) is 11.3 Å². The standard InChI is InChI=1S/C25H35N3O3S/c1-18-15-23(19(2)28(18)25(3,4)5)24(29)17-26-11-13-27(14-12-26)32(30,31)22-10-9-20-7-6-8-21(20)16-22/h9-10,15-16H,6-8,11-14,17H2,1-5H3. The van der Waals surface area contributed by atoms with Crippen molar-refractivity contribution in [3.63, 3.8) is 0 Å². The third-order valence-electron chi connectivity index (χ3n) is 6.81. The van der Waals surface area contributed by atoms with Crippen LogP contribution in [0, 0.1) is 13.8 Å². The van der Waals surface area contributed by atoms with Gasteiger partial charge in [0, 0.05) is 48.7 Å². The number of hydrogen-bond donors (Lipinski definition) is 0. The molecule has 32 heavy (non-hydrogen) atoms. The molecule has 1 aliphatic heterocycles. The Kier molecular flexibility index (Phi) is 6.11. The van der Waals surface area contributed by atoms with Crippen LogP contribution in [-0.4, -0.2) is 60.7 Å². The smallest absolute Gasteiger partial charge is 0.243 e. The lowest BCUT2D eigenvalue weighted by Crippen LogP contribution is -2.49. The van der Waals surface area contributed by atoms with Crippen LogP contribution in [0.25, 0.3) is 0 Å². The van der Waals surface area contributed by atoms with Crippen LogP contribution in [0.1, 0.15) is 60.1 Å². The fourth-order valence-electron chi connectivity index (χ4n) is 5.35. The highest BCUT2D eigenvalue weighted by atomic mass is 32.2. The first kappa shape index (κ1) is 23.2. The lowest BCUT2D eigenvalue weighted by Gasteiger charge is -2.33. The lowest BCUT2D eigenvalue weighted by molar-refractivity contribution is 0.0901. The SMILES string of the molecule is Cc1cc(C(=O)CN2CCN(S(=O)(=O)c3ccc4c(c3)CCC4)CC2)c(C)n1C(C)(C)C. The first-order valence-electron chi connectivity index (χ1n) is 11.6. The normalized spacial score (nSPS) is 18.2. The number of nitrogens with zero attached hydrogens (tertiary/aromatic N) is 3. The monoisotopic (exact) mass is 457 g/mol. The second-order valence-corrected chi connectivity index (χ2v) is 12.1.